The lowest BCUT2D eigenvalue weighted by atomic mass is 9.79. The maximum atomic E-state index is 12.1. The SMILES string of the molecule is CCCC(O)(C(=O)OCC)C1CCCC(C)CC1. The minimum absolute atomic E-state index is 0.0708. The summed E-state index contributed by atoms with van der Waals surface area (Å²) in [6.45, 7) is 6.39. The van der Waals surface area contributed by atoms with E-state index in [1.165, 1.54) is 6.42 Å². The van der Waals surface area contributed by atoms with Crippen molar-refractivity contribution in [3.05, 3.63) is 0 Å². The molecular weight excluding hydrogens is 228 g/mol. The maximum Gasteiger partial charge on any atom is 0.338 e. The van der Waals surface area contributed by atoms with Crippen LogP contribution >= 0.6 is 0 Å². The molecule has 0 saturated heterocycles. The predicted octanol–water partition coefficient (Wildman–Crippen LogP) is 3.30. The summed E-state index contributed by atoms with van der Waals surface area (Å²) in [7, 11) is 0. The van der Waals surface area contributed by atoms with E-state index in [1.807, 2.05) is 6.92 Å². The summed E-state index contributed by atoms with van der Waals surface area (Å²) in [5.41, 5.74) is -1.26. The Bertz CT molecular complexity index is 264. The second-order valence-electron chi connectivity index (χ2n) is 5.71. The van der Waals surface area contributed by atoms with Crippen molar-refractivity contribution in [3.8, 4) is 0 Å². The van der Waals surface area contributed by atoms with Crippen molar-refractivity contribution in [1.82, 2.24) is 0 Å². The van der Waals surface area contributed by atoms with E-state index in [0.29, 0.717) is 18.9 Å². The number of aliphatic hydroxyl groups is 1. The van der Waals surface area contributed by atoms with E-state index in [9.17, 15) is 9.90 Å². The van der Waals surface area contributed by atoms with Gasteiger partial charge in [-0.2, -0.15) is 0 Å². The second kappa shape index (κ2) is 7.13. The van der Waals surface area contributed by atoms with Gasteiger partial charge in [0.25, 0.3) is 0 Å². The van der Waals surface area contributed by atoms with E-state index in [4.69, 9.17) is 4.74 Å². The molecular formula is C15H28O3. The highest BCUT2D eigenvalue weighted by Gasteiger charge is 2.44. The van der Waals surface area contributed by atoms with Crippen LogP contribution < -0.4 is 0 Å². The second-order valence-corrected chi connectivity index (χ2v) is 5.71. The highest BCUT2D eigenvalue weighted by molar-refractivity contribution is 5.79. The zero-order chi connectivity index (χ0) is 13.6. The van der Waals surface area contributed by atoms with Crippen LogP contribution in [-0.4, -0.2) is 23.3 Å². The molecule has 3 nitrogen and oxygen atoms in total. The molecule has 1 fully saturated rings. The maximum absolute atomic E-state index is 12.1. The third-order valence-electron chi connectivity index (χ3n) is 4.19. The predicted molar refractivity (Wildman–Crippen MR) is 72.2 cm³/mol. The molecule has 1 saturated carbocycles. The van der Waals surface area contributed by atoms with E-state index in [2.05, 4.69) is 6.92 Å². The molecule has 1 aliphatic carbocycles. The number of hydrogen-bond acceptors (Lipinski definition) is 3. The zero-order valence-electron chi connectivity index (χ0n) is 12.1. The van der Waals surface area contributed by atoms with Crippen LogP contribution in [0.5, 0.6) is 0 Å². The number of ether oxygens (including phenoxy) is 1. The monoisotopic (exact) mass is 256 g/mol. The van der Waals surface area contributed by atoms with E-state index in [-0.39, 0.29) is 5.92 Å². The molecule has 1 aliphatic rings. The standard InChI is InChI=1S/C15H28O3/c1-4-11-15(17,14(16)18-5-2)13-8-6-7-12(3)9-10-13/h12-13,17H,4-11H2,1-3H3. The lowest BCUT2D eigenvalue weighted by Gasteiger charge is -2.33. The van der Waals surface area contributed by atoms with Crippen molar-refractivity contribution in [2.24, 2.45) is 11.8 Å². The van der Waals surface area contributed by atoms with Gasteiger partial charge in [-0.05, 0) is 38.0 Å². The molecule has 0 aromatic carbocycles. The first-order chi connectivity index (χ1) is 8.54. The summed E-state index contributed by atoms with van der Waals surface area (Å²) in [5, 5.41) is 10.8. The van der Waals surface area contributed by atoms with Crippen molar-refractivity contribution >= 4 is 5.97 Å². The molecule has 3 unspecified atom stereocenters. The Morgan fingerprint density at radius 2 is 2.00 bits per heavy atom. The Morgan fingerprint density at radius 1 is 1.28 bits per heavy atom. The minimum atomic E-state index is -1.26. The lowest BCUT2D eigenvalue weighted by molar-refractivity contribution is -0.173. The molecule has 0 amide bonds. The zero-order valence-corrected chi connectivity index (χ0v) is 12.1. The molecule has 106 valence electrons. The number of rotatable bonds is 5. The van der Waals surface area contributed by atoms with E-state index in [0.717, 1.165) is 32.1 Å². The van der Waals surface area contributed by atoms with E-state index in [1.54, 1.807) is 6.92 Å². The van der Waals surface area contributed by atoms with Gasteiger partial charge in [-0.3, -0.25) is 0 Å². The van der Waals surface area contributed by atoms with Crippen LogP contribution in [0.15, 0.2) is 0 Å². The Kier molecular flexibility index (Phi) is 6.13. The summed E-state index contributed by atoms with van der Waals surface area (Å²) in [6.07, 6.45) is 6.64. The van der Waals surface area contributed by atoms with Crippen LogP contribution in [0.25, 0.3) is 0 Å². The fraction of sp³-hybridized carbons (Fsp3) is 0.933. The molecule has 0 spiro atoms. The van der Waals surface area contributed by atoms with Gasteiger partial charge in [-0.25, -0.2) is 4.79 Å². The van der Waals surface area contributed by atoms with Crippen LogP contribution in [0.4, 0.5) is 0 Å². The number of carbonyl (C=O) groups excluding carboxylic acids is 1. The van der Waals surface area contributed by atoms with Crippen molar-refractivity contribution in [2.45, 2.75) is 71.3 Å². The molecule has 0 bridgehead atoms. The van der Waals surface area contributed by atoms with Gasteiger partial charge in [0.05, 0.1) is 6.61 Å². The molecule has 0 aromatic heterocycles. The average molecular weight is 256 g/mol. The molecule has 3 atom stereocenters. The molecule has 0 aromatic rings. The number of carbonyl (C=O) groups is 1. The van der Waals surface area contributed by atoms with Crippen LogP contribution in [0, 0.1) is 11.8 Å². The van der Waals surface area contributed by atoms with Crippen molar-refractivity contribution in [1.29, 1.82) is 0 Å². The largest absolute Gasteiger partial charge is 0.464 e. The Hall–Kier alpha value is -0.570. The van der Waals surface area contributed by atoms with Gasteiger partial charge in [0.15, 0.2) is 5.60 Å². The van der Waals surface area contributed by atoms with Crippen LogP contribution in [-0.2, 0) is 9.53 Å². The van der Waals surface area contributed by atoms with Gasteiger partial charge < -0.3 is 9.84 Å². The van der Waals surface area contributed by atoms with Gasteiger partial charge in [0.1, 0.15) is 0 Å². The molecule has 0 radical (unpaired) electrons. The molecule has 1 rings (SSSR count). The van der Waals surface area contributed by atoms with Gasteiger partial charge >= 0.3 is 5.97 Å². The molecule has 18 heavy (non-hydrogen) atoms. The van der Waals surface area contributed by atoms with Crippen LogP contribution in [0.2, 0.25) is 0 Å². The Labute approximate surface area is 111 Å². The summed E-state index contributed by atoms with van der Waals surface area (Å²) < 4.78 is 5.09. The number of hydrogen-bond donors (Lipinski definition) is 1. The lowest BCUT2D eigenvalue weighted by Crippen LogP contribution is -2.47. The summed E-state index contributed by atoms with van der Waals surface area (Å²) in [4.78, 5) is 12.1. The molecule has 0 heterocycles. The first-order valence-corrected chi connectivity index (χ1v) is 7.44. The normalized spacial score (nSPS) is 28.2. The van der Waals surface area contributed by atoms with E-state index < -0.39 is 11.6 Å². The molecule has 0 aliphatic heterocycles. The van der Waals surface area contributed by atoms with Crippen molar-refractivity contribution in [2.75, 3.05) is 6.61 Å². The van der Waals surface area contributed by atoms with Crippen LogP contribution in [0.3, 0.4) is 0 Å². The molecule has 3 heteroatoms. The fourth-order valence-electron chi connectivity index (χ4n) is 3.07. The Morgan fingerprint density at radius 3 is 2.61 bits per heavy atom. The smallest absolute Gasteiger partial charge is 0.338 e. The highest BCUT2D eigenvalue weighted by atomic mass is 16.5. The fourth-order valence-corrected chi connectivity index (χ4v) is 3.07. The van der Waals surface area contributed by atoms with Gasteiger partial charge in [-0.15, -0.1) is 0 Å². The van der Waals surface area contributed by atoms with Gasteiger partial charge in [0, 0.05) is 0 Å². The minimum Gasteiger partial charge on any atom is -0.464 e. The highest BCUT2D eigenvalue weighted by Crippen LogP contribution is 2.37. The van der Waals surface area contributed by atoms with Crippen molar-refractivity contribution in [3.63, 3.8) is 0 Å². The summed E-state index contributed by atoms with van der Waals surface area (Å²) >= 11 is 0. The van der Waals surface area contributed by atoms with E-state index >= 15 is 0 Å². The van der Waals surface area contributed by atoms with Gasteiger partial charge in [-0.1, -0.05) is 39.5 Å². The first kappa shape index (κ1) is 15.5. The molecule has 1 N–H and O–H groups in total. The third-order valence-corrected chi connectivity index (χ3v) is 4.19. The summed E-state index contributed by atoms with van der Waals surface area (Å²) in [6, 6.07) is 0. The first-order valence-electron chi connectivity index (χ1n) is 7.44. The van der Waals surface area contributed by atoms with Crippen LogP contribution in [0.1, 0.15) is 65.7 Å². The van der Waals surface area contributed by atoms with Gasteiger partial charge in [0.2, 0.25) is 0 Å². The topological polar surface area (TPSA) is 46.5 Å². The number of esters is 1. The average Bonchev–Trinajstić information content (AvgIpc) is 2.55. The summed E-state index contributed by atoms with van der Waals surface area (Å²) in [5.74, 6) is 0.371. The Balaban J connectivity index is 2.78. The third kappa shape index (κ3) is 3.71. The quantitative estimate of drug-likeness (QED) is 0.606. The van der Waals surface area contributed by atoms with Crippen molar-refractivity contribution < 1.29 is 14.6 Å².